The van der Waals surface area contributed by atoms with Crippen LogP contribution in [0.1, 0.15) is 17.5 Å². The average molecular weight is 250 g/mol. The normalized spacial score (nSPS) is 9.22. The minimum atomic E-state index is -1.06. The first-order chi connectivity index (χ1) is 8.47. The minimum Gasteiger partial charge on any atom is -0.481 e. The Morgan fingerprint density at radius 3 is 2.83 bits per heavy atom. The van der Waals surface area contributed by atoms with Crippen LogP contribution in [0.4, 0.5) is 5.69 Å². The lowest BCUT2D eigenvalue weighted by Gasteiger charge is -2.04. The molecule has 0 aromatic carbocycles. The predicted molar refractivity (Wildman–Crippen MR) is 61.3 cm³/mol. The van der Waals surface area contributed by atoms with Crippen LogP contribution in [0.2, 0.25) is 0 Å². The Labute approximate surface area is 103 Å². The predicted octanol–water partition coefficient (Wildman–Crippen LogP) is 1.13. The van der Waals surface area contributed by atoms with Crippen molar-refractivity contribution in [1.82, 2.24) is 4.98 Å². The van der Waals surface area contributed by atoms with Crippen molar-refractivity contribution < 1.29 is 19.6 Å². The van der Waals surface area contributed by atoms with Crippen molar-refractivity contribution in [2.75, 3.05) is 7.11 Å². The Hall–Kier alpha value is -2.62. The number of carbonyl (C=O) groups is 1. The molecule has 0 aliphatic rings. The van der Waals surface area contributed by atoms with Crippen LogP contribution in [0.3, 0.4) is 0 Å². The molecule has 1 aromatic heterocycles. The molecule has 0 radical (unpaired) electrons. The van der Waals surface area contributed by atoms with Gasteiger partial charge in [0.25, 0.3) is 5.88 Å². The van der Waals surface area contributed by atoms with Gasteiger partial charge in [0.2, 0.25) is 0 Å². The number of hydrogen-bond acceptors (Lipinski definition) is 5. The number of carboxylic acid groups (broad SMARTS) is 1. The number of nitrogens with zero attached hydrogens (tertiary/aromatic N) is 2. The largest absolute Gasteiger partial charge is 0.481 e. The molecule has 1 rings (SSSR count). The van der Waals surface area contributed by atoms with Gasteiger partial charge in [-0.3, -0.25) is 14.9 Å². The first-order valence-corrected chi connectivity index (χ1v) is 4.86. The molecule has 94 valence electrons. The Balaban J connectivity index is 3.23. The topological polar surface area (TPSA) is 103 Å². The maximum atomic E-state index is 10.9. The number of pyridine rings is 1. The summed E-state index contributed by atoms with van der Waals surface area (Å²) in [5.41, 5.74) is 0.341. The molecule has 0 atom stereocenters. The number of hydrogen-bond donors (Lipinski definition) is 1. The smallest absolute Gasteiger partial charge is 0.335 e. The first kappa shape index (κ1) is 13.4. The first-order valence-electron chi connectivity index (χ1n) is 4.86. The van der Waals surface area contributed by atoms with Crippen LogP contribution in [0, 0.1) is 28.9 Å². The Bertz CT molecular complexity index is 557. The molecule has 0 bridgehead atoms. The number of ether oxygens (including phenoxy) is 1. The summed E-state index contributed by atoms with van der Waals surface area (Å²) in [5.74, 6) is 3.77. The highest BCUT2D eigenvalue weighted by Crippen LogP contribution is 2.29. The van der Waals surface area contributed by atoms with Gasteiger partial charge in [-0.25, -0.2) is 4.98 Å². The Kier molecular flexibility index (Phi) is 4.21. The van der Waals surface area contributed by atoms with Crippen LogP contribution in [0.5, 0.6) is 5.88 Å². The number of aromatic nitrogens is 1. The minimum absolute atomic E-state index is 0.0960. The fraction of sp³-hybridized carbons (Fsp3) is 0.273. The van der Waals surface area contributed by atoms with Crippen molar-refractivity contribution in [1.29, 1.82) is 0 Å². The summed E-state index contributed by atoms with van der Waals surface area (Å²) in [4.78, 5) is 24.3. The highest BCUT2D eigenvalue weighted by molar-refractivity contribution is 5.70. The fourth-order valence-electron chi connectivity index (χ4n) is 1.27. The number of nitro groups is 1. The van der Waals surface area contributed by atoms with Crippen molar-refractivity contribution in [3.63, 3.8) is 0 Å². The van der Waals surface area contributed by atoms with Crippen molar-refractivity contribution in [3.8, 4) is 17.7 Å². The fourth-order valence-corrected chi connectivity index (χ4v) is 1.27. The second kappa shape index (κ2) is 5.63. The van der Waals surface area contributed by atoms with Crippen molar-refractivity contribution in [2.24, 2.45) is 0 Å². The van der Waals surface area contributed by atoms with Crippen LogP contribution >= 0.6 is 0 Å². The maximum absolute atomic E-state index is 10.9. The molecular formula is C11H10N2O5. The second-order valence-corrected chi connectivity index (χ2v) is 3.28. The van der Waals surface area contributed by atoms with Gasteiger partial charge in [-0.2, -0.15) is 0 Å². The van der Waals surface area contributed by atoms with E-state index in [9.17, 15) is 14.9 Å². The van der Waals surface area contributed by atoms with E-state index in [0.717, 1.165) is 0 Å². The molecule has 0 saturated heterocycles. The SMILES string of the molecule is COc1ncc(C#CCC(=O)O)c(C)c1[N+](=O)[O-]. The molecule has 0 amide bonds. The van der Waals surface area contributed by atoms with Gasteiger partial charge < -0.3 is 9.84 Å². The lowest BCUT2D eigenvalue weighted by atomic mass is 10.1. The third-order valence-corrected chi connectivity index (χ3v) is 2.11. The van der Waals surface area contributed by atoms with E-state index < -0.39 is 10.9 Å². The summed E-state index contributed by atoms with van der Waals surface area (Å²) >= 11 is 0. The number of carboxylic acids is 1. The summed E-state index contributed by atoms with van der Waals surface area (Å²) in [6.07, 6.45) is 0.981. The van der Waals surface area contributed by atoms with Crippen LogP contribution < -0.4 is 4.74 Å². The van der Waals surface area contributed by atoms with E-state index in [1.807, 2.05) is 0 Å². The van der Waals surface area contributed by atoms with Gasteiger partial charge in [0, 0.05) is 11.8 Å². The highest BCUT2D eigenvalue weighted by atomic mass is 16.6. The van der Waals surface area contributed by atoms with Crippen LogP contribution in [0.15, 0.2) is 6.20 Å². The maximum Gasteiger partial charge on any atom is 0.335 e. The lowest BCUT2D eigenvalue weighted by molar-refractivity contribution is -0.386. The lowest BCUT2D eigenvalue weighted by Crippen LogP contribution is -2.01. The van der Waals surface area contributed by atoms with E-state index in [0.29, 0.717) is 11.1 Å². The zero-order valence-corrected chi connectivity index (χ0v) is 9.76. The van der Waals surface area contributed by atoms with E-state index in [1.165, 1.54) is 20.2 Å². The zero-order valence-electron chi connectivity index (χ0n) is 9.76. The molecule has 1 N–H and O–H groups in total. The van der Waals surface area contributed by atoms with Gasteiger partial charge in [-0.15, -0.1) is 0 Å². The summed E-state index contributed by atoms with van der Waals surface area (Å²) < 4.78 is 4.79. The van der Waals surface area contributed by atoms with E-state index in [1.54, 1.807) is 0 Å². The quantitative estimate of drug-likeness (QED) is 0.490. The van der Waals surface area contributed by atoms with E-state index >= 15 is 0 Å². The molecule has 0 aliphatic heterocycles. The van der Waals surface area contributed by atoms with Crippen LogP contribution in [-0.4, -0.2) is 28.1 Å². The molecule has 0 spiro atoms. The zero-order chi connectivity index (χ0) is 13.7. The third-order valence-electron chi connectivity index (χ3n) is 2.11. The molecular weight excluding hydrogens is 240 g/mol. The van der Waals surface area contributed by atoms with Gasteiger partial charge in [-0.1, -0.05) is 11.8 Å². The number of aliphatic carboxylic acids is 1. The van der Waals surface area contributed by atoms with Gasteiger partial charge in [0.15, 0.2) is 0 Å². The van der Waals surface area contributed by atoms with Crippen LogP contribution in [0.25, 0.3) is 0 Å². The third kappa shape index (κ3) is 2.95. The Morgan fingerprint density at radius 2 is 2.33 bits per heavy atom. The van der Waals surface area contributed by atoms with Gasteiger partial charge in [0.05, 0.1) is 17.6 Å². The summed E-state index contributed by atoms with van der Waals surface area (Å²) in [5, 5.41) is 19.3. The molecule has 1 aromatic rings. The summed E-state index contributed by atoms with van der Waals surface area (Å²) in [7, 11) is 1.28. The molecule has 0 saturated carbocycles. The average Bonchev–Trinajstić information content (AvgIpc) is 2.29. The van der Waals surface area contributed by atoms with Crippen molar-refractivity contribution >= 4 is 11.7 Å². The molecule has 0 unspecified atom stereocenters. The second-order valence-electron chi connectivity index (χ2n) is 3.28. The highest BCUT2D eigenvalue weighted by Gasteiger charge is 2.21. The molecule has 18 heavy (non-hydrogen) atoms. The van der Waals surface area contributed by atoms with Gasteiger partial charge in [-0.05, 0) is 6.92 Å². The molecule has 1 heterocycles. The molecule has 0 aliphatic carbocycles. The molecule has 7 heteroatoms. The number of rotatable bonds is 3. The Morgan fingerprint density at radius 1 is 1.67 bits per heavy atom. The molecule has 7 nitrogen and oxygen atoms in total. The van der Waals surface area contributed by atoms with Gasteiger partial charge in [0.1, 0.15) is 6.42 Å². The van der Waals surface area contributed by atoms with E-state index in [4.69, 9.17) is 9.84 Å². The number of methoxy groups -OCH3 is 1. The van der Waals surface area contributed by atoms with Crippen molar-refractivity contribution in [3.05, 3.63) is 27.4 Å². The van der Waals surface area contributed by atoms with Crippen LogP contribution in [-0.2, 0) is 4.79 Å². The monoisotopic (exact) mass is 250 g/mol. The standard InChI is InChI=1S/C11H10N2O5/c1-7-8(4-3-5-9(14)15)6-12-11(18-2)10(7)13(16)17/h6H,5H2,1-2H3,(H,14,15). The van der Waals surface area contributed by atoms with E-state index in [2.05, 4.69) is 16.8 Å². The van der Waals surface area contributed by atoms with Gasteiger partial charge >= 0.3 is 11.7 Å². The summed E-state index contributed by atoms with van der Waals surface area (Å²) in [6, 6.07) is 0. The molecule has 0 fully saturated rings. The van der Waals surface area contributed by atoms with E-state index in [-0.39, 0.29) is 18.0 Å². The van der Waals surface area contributed by atoms with Crippen molar-refractivity contribution in [2.45, 2.75) is 13.3 Å². The summed E-state index contributed by atoms with van der Waals surface area (Å²) in [6.45, 7) is 1.51.